The summed E-state index contributed by atoms with van der Waals surface area (Å²) in [6.07, 6.45) is 2.81. The molecule has 0 fully saturated rings. The summed E-state index contributed by atoms with van der Waals surface area (Å²) in [6.45, 7) is 5.88. The van der Waals surface area contributed by atoms with E-state index in [9.17, 15) is 0 Å². The number of hydrogen-bond donors (Lipinski definition) is 2. The van der Waals surface area contributed by atoms with Gasteiger partial charge in [-0.3, -0.25) is 0 Å². The van der Waals surface area contributed by atoms with Crippen molar-refractivity contribution in [2.75, 3.05) is 13.1 Å². The Balaban J connectivity index is 2.00. The smallest absolute Gasteiger partial charge is 0.0797 e. The van der Waals surface area contributed by atoms with E-state index in [-0.39, 0.29) is 6.10 Å². The molecule has 15 heavy (non-hydrogen) atoms. The number of nitrogens with one attached hydrogen (secondary N) is 1. The SMILES string of the molecule is Cc1ncsc1CCNCCCC(C)O. The van der Waals surface area contributed by atoms with E-state index in [0.29, 0.717) is 0 Å². The Kier molecular flexibility index (Phi) is 5.83. The molecule has 3 nitrogen and oxygen atoms in total. The number of aliphatic hydroxyl groups excluding tert-OH is 1. The van der Waals surface area contributed by atoms with E-state index in [0.717, 1.165) is 38.0 Å². The molecule has 0 bridgehead atoms. The van der Waals surface area contributed by atoms with E-state index in [2.05, 4.69) is 17.2 Å². The minimum atomic E-state index is -0.171. The van der Waals surface area contributed by atoms with Crippen LogP contribution >= 0.6 is 11.3 Å². The molecule has 1 aromatic heterocycles. The molecule has 0 aliphatic carbocycles. The lowest BCUT2D eigenvalue weighted by Crippen LogP contribution is -2.19. The lowest BCUT2D eigenvalue weighted by Gasteiger charge is -2.05. The zero-order valence-corrected chi connectivity index (χ0v) is 10.3. The van der Waals surface area contributed by atoms with Crippen LogP contribution < -0.4 is 5.32 Å². The Morgan fingerprint density at radius 2 is 2.33 bits per heavy atom. The van der Waals surface area contributed by atoms with Crippen LogP contribution in [-0.2, 0) is 6.42 Å². The third kappa shape index (κ3) is 5.25. The van der Waals surface area contributed by atoms with Crippen molar-refractivity contribution in [3.05, 3.63) is 16.1 Å². The van der Waals surface area contributed by atoms with Gasteiger partial charge in [0.1, 0.15) is 0 Å². The molecule has 1 rings (SSSR count). The maximum atomic E-state index is 9.06. The molecule has 0 spiro atoms. The van der Waals surface area contributed by atoms with Gasteiger partial charge in [-0.25, -0.2) is 4.98 Å². The molecule has 1 heterocycles. The van der Waals surface area contributed by atoms with Crippen molar-refractivity contribution in [2.45, 2.75) is 39.2 Å². The van der Waals surface area contributed by atoms with Crippen molar-refractivity contribution >= 4 is 11.3 Å². The summed E-state index contributed by atoms with van der Waals surface area (Å²) in [7, 11) is 0. The molecule has 0 amide bonds. The second kappa shape index (κ2) is 6.93. The van der Waals surface area contributed by atoms with Gasteiger partial charge in [-0.15, -0.1) is 11.3 Å². The fourth-order valence-electron chi connectivity index (χ4n) is 1.42. The second-order valence-corrected chi connectivity index (χ2v) is 4.79. The van der Waals surface area contributed by atoms with Crippen LogP contribution in [0.1, 0.15) is 30.3 Å². The predicted octanol–water partition coefficient (Wildman–Crippen LogP) is 1.74. The highest BCUT2D eigenvalue weighted by atomic mass is 32.1. The summed E-state index contributed by atoms with van der Waals surface area (Å²) in [5.74, 6) is 0. The molecule has 86 valence electrons. The van der Waals surface area contributed by atoms with Crippen molar-refractivity contribution in [3.8, 4) is 0 Å². The molecule has 1 aromatic rings. The maximum absolute atomic E-state index is 9.06. The van der Waals surface area contributed by atoms with Gasteiger partial charge in [-0.2, -0.15) is 0 Å². The average Bonchev–Trinajstić information content (AvgIpc) is 2.57. The molecule has 4 heteroatoms. The topological polar surface area (TPSA) is 45.2 Å². The molecule has 0 saturated carbocycles. The monoisotopic (exact) mass is 228 g/mol. The zero-order valence-electron chi connectivity index (χ0n) is 9.49. The van der Waals surface area contributed by atoms with Gasteiger partial charge in [0.2, 0.25) is 0 Å². The van der Waals surface area contributed by atoms with Crippen LogP contribution in [0.3, 0.4) is 0 Å². The van der Waals surface area contributed by atoms with E-state index in [1.165, 1.54) is 4.88 Å². The van der Waals surface area contributed by atoms with E-state index in [1.807, 2.05) is 12.4 Å². The quantitative estimate of drug-likeness (QED) is 0.699. The molecule has 1 unspecified atom stereocenters. The third-order valence-corrected chi connectivity index (χ3v) is 3.34. The number of rotatable bonds is 7. The fourth-order valence-corrected chi connectivity index (χ4v) is 2.20. The van der Waals surface area contributed by atoms with Gasteiger partial charge in [0.15, 0.2) is 0 Å². The highest BCUT2D eigenvalue weighted by Crippen LogP contribution is 2.11. The number of aliphatic hydroxyl groups is 1. The third-order valence-electron chi connectivity index (χ3n) is 2.35. The highest BCUT2D eigenvalue weighted by Gasteiger charge is 2.00. The number of hydrogen-bond acceptors (Lipinski definition) is 4. The van der Waals surface area contributed by atoms with Crippen LogP contribution in [0.2, 0.25) is 0 Å². The lowest BCUT2D eigenvalue weighted by atomic mass is 10.2. The lowest BCUT2D eigenvalue weighted by molar-refractivity contribution is 0.181. The number of aromatic nitrogens is 1. The number of thiazole rings is 1. The van der Waals surface area contributed by atoms with Gasteiger partial charge in [0.25, 0.3) is 0 Å². The minimum absolute atomic E-state index is 0.171. The van der Waals surface area contributed by atoms with E-state index in [1.54, 1.807) is 11.3 Å². The van der Waals surface area contributed by atoms with E-state index < -0.39 is 0 Å². The first-order chi connectivity index (χ1) is 7.20. The van der Waals surface area contributed by atoms with Crippen LogP contribution in [0.25, 0.3) is 0 Å². The summed E-state index contributed by atoms with van der Waals surface area (Å²) in [5, 5.41) is 12.4. The van der Waals surface area contributed by atoms with Crippen LogP contribution in [0, 0.1) is 6.92 Å². The summed E-state index contributed by atoms with van der Waals surface area (Å²) < 4.78 is 0. The standard InChI is InChI=1S/C11H20N2OS/c1-9(14)4-3-6-12-7-5-11-10(2)13-8-15-11/h8-9,12,14H,3-7H2,1-2H3. The molecule has 0 aliphatic heterocycles. The van der Waals surface area contributed by atoms with Crippen molar-refractivity contribution < 1.29 is 5.11 Å². The van der Waals surface area contributed by atoms with Gasteiger partial charge in [-0.05, 0) is 39.7 Å². The largest absolute Gasteiger partial charge is 0.393 e. The van der Waals surface area contributed by atoms with Gasteiger partial charge < -0.3 is 10.4 Å². The molecular formula is C11H20N2OS. The van der Waals surface area contributed by atoms with Crippen molar-refractivity contribution in [2.24, 2.45) is 0 Å². The molecule has 0 aromatic carbocycles. The van der Waals surface area contributed by atoms with Gasteiger partial charge in [-0.1, -0.05) is 0 Å². The first kappa shape index (κ1) is 12.6. The molecule has 1 atom stereocenters. The first-order valence-corrected chi connectivity index (χ1v) is 6.36. The molecule has 2 N–H and O–H groups in total. The Labute approximate surface area is 95.6 Å². The summed E-state index contributed by atoms with van der Waals surface area (Å²) >= 11 is 1.73. The molecular weight excluding hydrogens is 208 g/mol. The summed E-state index contributed by atoms with van der Waals surface area (Å²) in [4.78, 5) is 5.59. The summed E-state index contributed by atoms with van der Waals surface area (Å²) in [6, 6.07) is 0. The second-order valence-electron chi connectivity index (χ2n) is 3.85. The van der Waals surface area contributed by atoms with E-state index >= 15 is 0 Å². The molecule has 0 radical (unpaired) electrons. The normalized spacial score (nSPS) is 13.0. The van der Waals surface area contributed by atoms with Crippen LogP contribution in [0.5, 0.6) is 0 Å². The zero-order chi connectivity index (χ0) is 11.1. The van der Waals surface area contributed by atoms with Crippen LogP contribution in [0.15, 0.2) is 5.51 Å². The van der Waals surface area contributed by atoms with E-state index in [4.69, 9.17) is 5.11 Å². The Bertz CT molecular complexity index is 273. The Morgan fingerprint density at radius 1 is 1.53 bits per heavy atom. The Morgan fingerprint density at radius 3 is 2.93 bits per heavy atom. The van der Waals surface area contributed by atoms with Crippen molar-refractivity contribution in [1.82, 2.24) is 10.3 Å². The number of nitrogens with zero attached hydrogens (tertiary/aromatic N) is 1. The van der Waals surface area contributed by atoms with Gasteiger partial charge in [0.05, 0.1) is 17.3 Å². The number of aryl methyl sites for hydroxylation is 1. The average molecular weight is 228 g/mol. The first-order valence-electron chi connectivity index (χ1n) is 5.48. The van der Waals surface area contributed by atoms with Crippen LogP contribution in [-0.4, -0.2) is 29.3 Å². The van der Waals surface area contributed by atoms with Crippen molar-refractivity contribution in [3.63, 3.8) is 0 Å². The van der Waals surface area contributed by atoms with Gasteiger partial charge in [0, 0.05) is 11.4 Å². The maximum Gasteiger partial charge on any atom is 0.0797 e. The summed E-state index contributed by atoms with van der Waals surface area (Å²) in [5.41, 5.74) is 3.06. The van der Waals surface area contributed by atoms with Crippen LogP contribution in [0.4, 0.5) is 0 Å². The van der Waals surface area contributed by atoms with Gasteiger partial charge >= 0.3 is 0 Å². The fraction of sp³-hybridized carbons (Fsp3) is 0.727. The highest BCUT2D eigenvalue weighted by molar-refractivity contribution is 7.09. The minimum Gasteiger partial charge on any atom is -0.393 e. The predicted molar refractivity (Wildman–Crippen MR) is 64.3 cm³/mol. The Hall–Kier alpha value is -0.450. The molecule has 0 saturated heterocycles. The van der Waals surface area contributed by atoms with Crippen molar-refractivity contribution in [1.29, 1.82) is 0 Å². The molecule has 0 aliphatic rings.